The van der Waals surface area contributed by atoms with E-state index in [-0.39, 0.29) is 0 Å². The molecule has 3 rings (SSSR count). The van der Waals surface area contributed by atoms with Gasteiger partial charge in [-0.15, -0.1) is 0 Å². The molecule has 2 N–H and O–H groups in total. The molecule has 4 heteroatoms. The number of nitrogens with zero attached hydrogens (tertiary/aromatic N) is 1. The van der Waals surface area contributed by atoms with Crippen molar-refractivity contribution in [3.8, 4) is 11.5 Å². The molecule has 1 aromatic heterocycles. The molecule has 0 saturated carbocycles. The molecule has 0 saturated heterocycles. The van der Waals surface area contributed by atoms with Crippen LogP contribution in [0.15, 0.2) is 12.1 Å². The minimum atomic E-state index is 0.743. The smallest absolute Gasteiger partial charge is 0.145 e. The zero-order chi connectivity index (χ0) is 12.7. The van der Waals surface area contributed by atoms with E-state index in [0.717, 1.165) is 53.0 Å². The van der Waals surface area contributed by atoms with E-state index in [4.69, 9.17) is 20.2 Å². The maximum absolute atomic E-state index is 6.29. The number of rotatable bonds is 2. The van der Waals surface area contributed by atoms with Crippen LogP contribution in [-0.4, -0.2) is 19.2 Å². The zero-order valence-electron chi connectivity index (χ0n) is 10.6. The fourth-order valence-electron chi connectivity index (χ4n) is 2.69. The molecular weight excluding hydrogens is 228 g/mol. The van der Waals surface area contributed by atoms with Crippen LogP contribution in [0.3, 0.4) is 0 Å². The van der Waals surface area contributed by atoms with E-state index in [1.807, 2.05) is 12.1 Å². The minimum absolute atomic E-state index is 0.743. The lowest BCUT2D eigenvalue weighted by Crippen LogP contribution is -2.01. The van der Waals surface area contributed by atoms with Gasteiger partial charge in [0, 0.05) is 11.4 Å². The number of hydrogen-bond acceptors (Lipinski definition) is 4. The summed E-state index contributed by atoms with van der Waals surface area (Å²) in [5.41, 5.74) is 10.2. The Bertz CT molecular complexity index is 623. The van der Waals surface area contributed by atoms with Gasteiger partial charge in [0.05, 0.1) is 19.6 Å². The number of aryl methyl sites for hydroxylation is 1. The Hall–Kier alpha value is -1.97. The molecule has 0 aliphatic heterocycles. The average Bonchev–Trinajstić information content (AvgIpc) is 2.86. The summed E-state index contributed by atoms with van der Waals surface area (Å²) in [6.45, 7) is 0. The first-order valence-electron chi connectivity index (χ1n) is 6.08. The molecule has 0 unspecified atom stereocenters. The van der Waals surface area contributed by atoms with Crippen LogP contribution in [0.2, 0.25) is 0 Å². The SMILES string of the molecule is COc1ccc(OC)c2c(N)c3c(nc12)CCC3. The van der Waals surface area contributed by atoms with E-state index in [9.17, 15) is 0 Å². The van der Waals surface area contributed by atoms with Crippen molar-refractivity contribution in [3.63, 3.8) is 0 Å². The third-order valence-corrected chi connectivity index (χ3v) is 3.57. The van der Waals surface area contributed by atoms with Gasteiger partial charge in [-0.3, -0.25) is 0 Å². The van der Waals surface area contributed by atoms with Crippen molar-refractivity contribution < 1.29 is 9.47 Å². The van der Waals surface area contributed by atoms with Crippen molar-refractivity contribution in [1.29, 1.82) is 0 Å². The van der Waals surface area contributed by atoms with Crippen LogP contribution in [0.1, 0.15) is 17.7 Å². The number of hydrogen-bond donors (Lipinski definition) is 1. The third-order valence-electron chi connectivity index (χ3n) is 3.57. The molecule has 94 valence electrons. The molecule has 0 amide bonds. The van der Waals surface area contributed by atoms with Crippen LogP contribution in [0.4, 0.5) is 5.69 Å². The number of nitrogen functional groups attached to an aromatic ring is 1. The van der Waals surface area contributed by atoms with Gasteiger partial charge in [0.1, 0.15) is 17.0 Å². The van der Waals surface area contributed by atoms with E-state index >= 15 is 0 Å². The number of pyridine rings is 1. The third kappa shape index (κ3) is 1.41. The summed E-state index contributed by atoms with van der Waals surface area (Å²) < 4.78 is 10.8. The molecule has 0 fully saturated rings. The maximum Gasteiger partial charge on any atom is 0.145 e. The topological polar surface area (TPSA) is 57.4 Å². The average molecular weight is 244 g/mol. The quantitative estimate of drug-likeness (QED) is 0.880. The lowest BCUT2D eigenvalue weighted by Gasteiger charge is -2.14. The van der Waals surface area contributed by atoms with Gasteiger partial charge in [0.25, 0.3) is 0 Å². The summed E-state index contributed by atoms with van der Waals surface area (Å²) in [6, 6.07) is 3.75. The molecule has 1 aromatic carbocycles. The van der Waals surface area contributed by atoms with Crippen LogP contribution in [0.5, 0.6) is 11.5 Å². The van der Waals surface area contributed by atoms with Gasteiger partial charge in [-0.2, -0.15) is 0 Å². The van der Waals surface area contributed by atoms with Gasteiger partial charge in [0.15, 0.2) is 0 Å². The molecule has 0 spiro atoms. The first kappa shape index (κ1) is 11.1. The van der Waals surface area contributed by atoms with Gasteiger partial charge >= 0.3 is 0 Å². The van der Waals surface area contributed by atoms with Crippen molar-refractivity contribution in [1.82, 2.24) is 4.98 Å². The Morgan fingerprint density at radius 3 is 2.56 bits per heavy atom. The molecule has 0 radical (unpaired) electrons. The molecule has 2 aromatic rings. The second kappa shape index (κ2) is 4.05. The fourth-order valence-corrected chi connectivity index (χ4v) is 2.69. The summed E-state index contributed by atoms with van der Waals surface area (Å²) in [7, 11) is 3.29. The number of benzene rings is 1. The Labute approximate surface area is 106 Å². The Balaban J connectivity index is 2.43. The highest BCUT2D eigenvalue weighted by atomic mass is 16.5. The van der Waals surface area contributed by atoms with Crippen molar-refractivity contribution in [2.45, 2.75) is 19.3 Å². The lowest BCUT2D eigenvalue weighted by atomic mass is 10.1. The van der Waals surface area contributed by atoms with E-state index in [1.54, 1.807) is 14.2 Å². The monoisotopic (exact) mass is 244 g/mol. The normalized spacial score (nSPS) is 13.7. The predicted octanol–water partition coefficient (Wildman–Crippen LogP) is 2.32. The molecule has 1 heterocycles. The minimum Gasteiger partial charge on any atom is -0.496 e. The highest BCUT2D eigenvalue weighted by Gasteiger charge is 2.21. The largest absolute Gasteiger partial charge is 0.496 e. The fraction of sp³-hybridized carbons (Fsp3) is 0.357. The lowest BCUT2D eigenvalue weighted by molar-refractivity contribution is 0.410. The van der Waals surface area contributed by atoms with Crippen LogP contribution < -0.4 is 15.2 Å². The summed E-state index contributed by atoms with van der Waals surface area (Å²) in [6.07, 6.45) is 3.12. The Morgan fingerprint density at radius 1 is 1.11 bits per heavy atom. The standard InChI is InChI=1S/C14H16N2O2/c1-17-10-6-7-11(18-2)14-12(10)13(15)8-4-3-5-9(8)16-14/h6-7H,3-5H2,1-2H3,(H2,15,16). The van der Waals surface area contributed by atoms with Gasteiger partial charge in [-0.25, -0.2) is 4.98 Å². The summed E-state index contributed by atoms with van der Waals surface area (Å²) >= 11 is 0. The number of aromatic nitrogens is 1. The van der Waals surface area contributed by atoms with Crippen molar-refractivity contribution >= 4 is 16.6 Å². The summed E-state index contributed by atoms with van der Waals surface area (Å²) in [4.78, 5) is 4.71. The second-order valence-electron chi connectivity index (χ2n) is 4.50. The molecule has 18 heavy (non-hydrogen) atoms. The van der Waals surface area contributed by atoms with Gasteiger partial charge in [-0.1, -0.05) is 0 Å². The molecular formula is C14H16N2O2. The first-order chi connectivity index (χ1) is 8.76. The molecule has 0 atom stereocenters. The molecule has 0 bridgehead atoms. The number of nitrogens with two attached hydrogens (primary N) is 1. The van der Waals surface area contributed by atoms with Gasteiger partial charge in [-0.05, 0) is 37.0 Å². The van der Waals surface area contributed by atoms with Gasteiger partial charge in [0.2, 0.25) is 0 Å². The van der Waals surface area contributed by atoms with Crippen LogP contribution >= 0.6 is 0 Å². The number of anilines is 1. The number of fused-ring (bicyclic) bond motifs is 2. The maximum atomic E-state index is 6.29. The van der Waals surface area contributed by atoms with Crippen molar-refractivity contribution in [3.05, 3.63) is 23.4 Å². The van der Waals surface area contributed by atoms with Crippen molar-refractivity contribution in [2.24, 2.45) is 0 Å². The van der Waals surface area contributed by atoms with Crippen LogP contribution in [0.25, 0.3) is 10.9 Å². The molecule has 4 nitrogen and oxygen atoms in total. The Morgan fingerprint density at radius 2 is 1.83 bits per heavy atom. The van der Waals surface area contributed by atoms with Gasteiger partial charge < -0.3 is 15.2 Å². The summed E-state index contributed by atoms with van der Waals surface area (Å²) in [5.74, 6) is 1.50. The van der Waals surface area contributed by atoms with Crippen molar-refractivity contribution in [2.75, 3.05) is 20.0 Å². The summed E-state index contributed by atoms with van der Waals surface area (Å²) in [5, 5.41) is 0.873. The highest BCUT2D eigenvalue weighted by Crippen LogP contribution is 2.40. The molecule has 1 aliphatic rings. The Kier molecular flexibility index (Phi) is 2.51. The predicted molar refractivity (Wildman–Crippen MR) is 71.3 cm³/mol. The number of methoxy groups -OCH3 is 2. The van der Waals surface area contributed by atoms with E-state index < -0.39 is 0 Å². The van der Waals surface area contributed by atoms with E-state index in [2.05, 4.69) is 0 Å². The van der Waals surface area contributed by atoms with Crippen LogP contribution in [0, 0.1) is 0 Å². The van der Waals surface area contributed by atoms with E-state index in [1.165, 1.54) is 5.56 Å². The first-order valence-corrected chi connectivity index (χ1v) is 6.08. The van der Waals surface area contributed by atoms with E-state index in [0.29, 0.717) is 0 Å². The van der Waals surface area contributed by atoms with Crippen LogP contribution in [-0.2, 0) is 12.8 Å². The molecule has 1 aliphatic carbocycles. The number of ether oxygens (including phenoxy) is 2. The zero-order valence-corrected chi connectivity index (χ0v) is 10.6. The highest BCUT2D eigenvalue weighted by molar-refractivity contribution is 6.00. The second-order valence-corrected chi connectivity index (χ2v) is 4.50.